The van der Waals surface area contributed by atoms with Gasteiger partial charge in [-0.1, -0.05) is 35.9 Å². The molecule has 0 fully saturated rings. The molecule has 0 saturated heterocycles. The third-order valence-electron chi connectivity index (χ3n) is 4.99. The van der Waals surface area contributed by atoms with Crippen molar-refractivity contribution in [1.82, 2.24) is 0 Å². The highest BCUT2D eigenvalue weighted by atomic mass is 35.5. The molecule has 2 N–H and O–H groups in total. The molecule has 1 amide bonds. The molecule has 4 aromatic rings. The molecule has 184 valence electrons. The number of carbonyl (C=O) groups excluding carboxylic acids is 1. The summed E-state index contributed by atoms with van der Waals surface area (Å²) in [5, 5.41) is 3.14. The van der Waals surface area contributed by atoms with E-state index in [9.17, 15) is 13.2 Å². The van der Waals surface area contributed by atoms with E-state index in [0.29, 0.717) is 27.9 Å². The fraction of sp³-hybridized carbons (Fsp3) is 0.0741. The lowest BCUT2D eigenvalue weighted by molar-refractivity contribution is -0.122. The van der Waals surface area contributed by atoms with Gasteiger partial charge in [0.25, 0.3) is 15.9 Å². The minimum atomic E-state index is -3.81. The third-order valence-corrected chi connectivity index (χ3v) is 6.63. The second-order valence-corrected chi connectivity index (χ2v) is 9.89. The van der Waals surface area contributed by atoms with E-state index in [2.05, 4.69) is 10.0 Å². The summed E-state index contributed by atoms with van der Waals surface area (Å²) in [4.78, 5) is 12.6. The summed E-state index contributed by atoms with van der Waals surface area (Å²) in [5.41, 5.74) is 0.786. The van der Waals surface area contributed by atoms with Gasteiger partial charge in [0.1, 0.15) is 17.2 Å². The highest BCUT2D eigenvalue weighted by molar-refractivity contribution is 7.92. The van der Waals surface area contributed by atoms with Crippen LogP contribution < -0.4 is 19.5 Å². The molecule has 0 bridgehead atoms. The number of benzene rings is 4. The number of anilines is 2. The van der Waals surface area contributed by atoms with Crippen LogP contribution in [-0.4, -0.2) is 20.4 Å². The van der Waals surface area contributed by atoms with E-state index in [1.54, 1.807) is 49.4 Å². The molecule has 0 radical (unpaired) electrons. The van der Waals surface area contributed by atoms with Crippen LogP contribution in [0.3, 0.4) is 0 Å². The number of carbonyl (C=O) groups is 1. The smallest absolute Gasteiger partial charge is 0.265 e. The monoisotopic (exact) mass is 522 g/mol. The summed E-state index contributed by atoms with van der Waals surface area (Å²) in [6, 6.07) is 28.6. The van der Waals surface area contributed by atoms with Crippen molar-refractivity contribution >= 4 is 38.9 Å². The van der Waals surface area contributed by atoms with Crippen LogP contribution >= 0.6 is 11.6 Å². The minimum absolute atomic E-state index is 0.0441. The van der Waals surface area contributed by atoms with E-state index in [1.165, 1.54) is 30.3 Å². The maximum absolute atomic E-state index is 12.6. The summed E-state index contributed by atoms with van der Waals surface area (Å²) in [6.45, 7) is 1.62. The Balaban J connectivity index is 1.32. The van der Waals surface area contributed by atoms with Crippen molar-refractivity contribution < 1.29 is 22.7 Å². The number of amides is 1. The zero-order valence-corrected chi connectivity index (χ0v) is 20.8. The Labute approximate surface area is 214 Å². The Kier molecular flexibility index (Phi) is 7.77. The van der Waals surface area contributed by atoms with Crippen molar-refractivity contribution in [2.75, 3.05) is 10.0 Å². The second-order valence-electron chi connectivity index (χ2n) is 7.78. The molecule has 0 aliphatic rings. The third kappa shape index (κ3) is 6.78. The molecule has 1 unspecified atom stereocenters. The maximum atomic E-state index is 12.6. The van der Waals surface area contributed by atoms with Crippen LogP contribution in [0.4, 0.5) is 11.4 Å². The first-order chi connectivity index (χ1) is 17.3. The van der Waals surface area contributed by atoms with Crippen LogP contribution in [0.1, 0.15) is 6.92 Å². The van der Waals surface area contributed by atoms with Crippen molar-refractivity contribution in [2.45, 2.75) is 17.9 Å². The molecular weight excluding hydrogens is 500 g/mol. The van der Waals surface area contributed by atoms with Crippen molar-refractivity contribution in [3.05, 3.63) is 108 Å². The molecule has 0 saturated carbocycles. The van der Waals surface area contributed by atoms with E-state index in [0.717, 1.165) is 5.75 Å². The number of nitrogens with one attached hydrogen (secondary N) is 2. The fourth-order valence-electron chi connectivity index (χ4n) is 3.20. The summed E-state index contributed by atoms with van der Waals surface area (Å²) in [5.74, 6) is 1.49. The van der Waals surface area contributed by atoms with Gasteiger partial charge >= 0.3 is 0 Å². The van der Waals surface area contributed by atoms with Gasteiger partial charge in [0.2, 0.25) is 0 Å². The standard InChI is InChI=1S/C27H23ClN2O5S/c1-19(34-24-12-14-25(15-13-24)35-23-8-3-2-4-9-23)27(31)29-21-10-16-26(17-11-21)36(32,33)30-22-7-5-6-20(28)18-22/h2-19,30H,1H3,(H,29,31). The molecule has 0 aromatic heterocycles. The van der Waals surface area contributed by atoms with Crippen molar-refractivity contribution in [1.29, 1.82) is 0 Å². The number of para-hydroxylation sites is 1. The first-order valence-corrected chi connectivity index (χ1v) is 12.8. The highest BCUT2D eigenvalue weighted by Crippen LogP contribution is 2.25. The Morgan fingerprint density at radius 1 is 0.778 bits per heavy atom. The van der Waals surface area contributed by atoms with Gasteiger partial charge < -0.3 is 14.8 Å². The minimum Gasteiger partial charge on any atom is -0.481 e. The quantitative estimate of drug-likeness (QED) is 0.267. The predicted molar refractivity (Wildman–Crippen MR) is 140 cm³/mol. The van der Waals surface area contributed by atoms with Crippen LogP contribution in [0, 0.1) is 0 Å². The first kappa shape index (κ1) is 25.1. The van der Waals surface area contributed by atoms with Gasteiger partial charge in [0, 0.05) is 10.7 Å². The average Bonchev–Trinajstić information content (AvgIpc) is 2.86. The number of rotatable bonds is 9. The summed E-state index contributed by atoms with van der Waals surface area (Å²) < 4.78 is 39.2. The van der Waals surface area contributed by atoms with Gasteiger partial charge in [0.15, 0.2) is 6.10 Å². The average molecular weight is 523 g/mol. The van der Waals surface area contributed by atoms with Crippen LogP contribution in [-0.2, 0) is 14.8 Å². The highest BCUT2D eigenvalue weighted by Gasteiger charge is 2.17. The van der Waals surface area contributed by atoms with Crippen LogP contribution in [0.25, 0.3) is 0 Å². The SMILES string of the molecule is CC(Oc1ccc(Oc2ccccc2)cc1)C(=O)Nc1ccc(S(=O)(=O)Nc2cccc(Cl)c2)cc1. The van der Waals surface area contributed by atoms with Gasteiger partial charge in [-0.15, -0.1) is 0 Å². The maximum Gasteiger partial charge on any atom is 0.265 e. The first-order valence-electron chi connectivity index (χ1n) is 11.0. The summed E-state index contributed by atoms with van der Waals surface area (Å²) >= 11 is 5.91. The van der Waals surface area contributed by atoms with Crippen LogP contribution in [0.15, 0.2) is 108 Å². The molecule has 0 spiro atoms. The van der Waals surface area contributed by atoms with Gasteiger partial charge in [-0.25, -0.2) is 8.42 Å². The van der Waals surface area contributed by atoms with Gasteiger partial charge in [0.05, 0.1) is 10.6 Å². The van der Waals surface area contributed by atoms with Gasteiger partial charge in [-0.05, 0) is 85.8 Å². The van der Waals surface area contributed by atoms with Crippen molar-refractivity contribution in [3.63, 3.8) is 0 Å². The molecule has 36 heavy (non-hydrogen) atoms. The zero-order chi connectivity index (χ0) is 25.5. The Bertz CT molecular complexity index is 1430. The summed E-state index contributed by atoms with van der Waals surface area (Å²) in [6.07, 6.45) is -0.793. The fourth-order valence-corrected chi connectivity index (χ4v) is 4.44. The number of halogens is 1. The predicted octanol–water partition coefficient (Wildman–Crippen LogP) is 6.34. The van der Waals surface area contributed by atoms with Gasteiger partial charge in [-0.2, -0.15) is 0 Å². The number of ether oxygens (including phenoxy) is 2. The molecule has 4 aromatic carbocycles. The lowest BCUT2D eigenvalue weighted by Crippen LogP contribution is -2.30. The largest absolute Gasteiger partial charge is 0.481 e. The van der Waals surface area contributed by atoms with E-state index in [-0.39, 0.29) is 10.8 Å². The Morgan fingerprint density at radius 2 is 1.42 bits per heavy atom. The Hall–Kier alpha value is -4.01. The zero-order valence-electron chi connectivity index (χ0n) is 19.2. The molecule has 0 heterocycles. The molecule has 0 aliphatic heterocycles. The lowest BCUT2D eigenvalue weighted by Gasteiger charge is -2.15. The molecule has 7 nitrogen and oxygen atoms in total. The number of hydrogen-bond acceptors (Lipinski definition) is 5. The topological polar surface area (TPSA) is 93.7 Å². The van der Waals surface area contributed by atoms with Crippen molar-refractivity contribution in [2.24, 2.45) is 0 Å². The molecule has 4 rings (SSSR count). The van der Waals surface area contributed by atoms with Gasteiger partial charge in [-0.3, -0.25) is 9.52 Å². The second kappa shape index (κ2) is 11.2. The molecule has 0 aliphatic carbocycles. The summed E-state index contributed by atoms with van der Waals surface area (Å²) in [7, 11) is -3.81. The number of hydrogen-bond donors (Lipinski definition) is 2. The van der Waals surface area contributed by atoms with E-state index in [1.807, 2.05) is 30.3 Å². The molecule has 1 atom stereocenters. The molecule has 9 heteroatoms. The Morgan fingerprint density at radius 3 is 2.08 bits per heavy atom. The van der Waals surface area contributed by atoms with E-state index in [4.69, 9.17) is 21.1 Å². The number of sulfonamides is 1. The molecular formula is C27H23ClN2O5S. The van der Waals surface area contributed by atoms with Crippen LogP contribution in [0.5, 0.6) is 17.2 Å². The van der Waals surface area contributed by atoms with Crippen LogP contribution in [0.2, 0.25) is 5.02 Å². The van der Waals surface area contributed by atoms with E-state index >= 15 is 0 Å². The van der Waals surface area contributed by atoms with E-state index < -0.39 is 16.1 Å². The normalized spacial score (nSPS) is 11.8. The van der Waals surface area contributed by atoms with Crippen molar-refractivity contribution in [3.8, 4) is 17.2 Å². The lowest BCUT2D eigenvalue weighted by atomic mass is 10.3.